The van der Waals surface area contributed by atoms with Crippen LogP contribution in [0.3, 0.4) is 0 Å². The summed E-state index contributed by atoms with van der Waals surface area (Å²) in [5.74, 6) is 0. The first-order chi connectivity index (χ1) is 25.2. The van der Waals surface area contributed by atoms with Gasteiger partial charge < -0.3 is 0 Å². The Morgan fingerprint density at radius 2 is 0.981 bits per heavy atom. The quantitative estimate of drug-likeness (QED) is 0.121. The average molecular weight is 808 g/mol. The molecule has 1 heterocycles. The SMILES string of the molecule is Cc1cc2c(-c3ccccc3)c(C)c(C)cc2[cH-]1.Cc1cc2c(-c3ccccc3)c(C)c(C)cc2[cH-]1.[Cl][Zr][Cl].[c-]1cccc2c1[Si]c1ccccc1-2. The molecule has 2 radical (unpaired) electrons. The molecule has 0 saturated carbocycles. The van der Waals surface area contributed by atoms with Gasteiger partial charge in [0.2, 0.25) is 0 Å². The van der Waals surface area contributed by atoms with E-state index in [9.17, 15) is 0 Å². The van der Waals surface area contributed by atoms with E-state index in [1.807, 2.05) is 6.07 Å². The van der Waals surface area contributed by atoms with Gasteiger partial charge in [0.25, 0.3) is 0 Å². The zero-order valence-electron chi connectivity index (χ0n) is 30.5. The van der Waals surface area contributed by atoms with Gasteiger partial charge in [-0.2, -0.15) is 41.6 Å². The Bertz CT molecular complexity index is 2270. The Balaban J connectivity index is 0.000000130. The molecule has 1 aliphatic heterocycles. The van der Waals surface area contributed by atoms with Crippen molar-refractivity contribution in [2.75, 3.05) is 0 Å². The van der Waals surface area contributed by atoms with E-state index in [1.165, 1.54) is 98.7 Å². The average Bonchev–Trinajstić information content (AvgIpc) is 3.84. The normalized spacial score (nSPS) is 11.0. The summed E-state index contributed by atoms with van der Waals surface area (Å²) in [6.07, 6.45) is 0. The molecule has 0 aromatic heterocycles. The van der Waals surface area contributed by atoms with Gasteiger partial charge in [0.1, 0.15) is 0 Å². The standard InChI is InChI=1S/2C18H17.C12H7Si.2ClH.Zr/c2*1-12-9-16-11-13(2)14(3)18(17(16)10-12)15-7-5-4-6-8-15;1-3-7-11-9(5-1)10-6-2-4-8-12(10)13-11;;;/h2*4-11H,1-3H3;1-7H;2*1H;/q3*-1;;;+2/p-2. The Morgan fingerprint density at radius 3 is 1.48 bits per heavy atom. The van der Waals surface area contributed by atoms with Gasteiger partial charge in [-0.3, -0.25) is 0 Å². The molecule has 0 unspecified atom stereocenters. The number of hydrogen-bond donors (Lipinski definition) is 0. The maximum Gasteiger partial charge on any atom is 0.0920 e. The van der Waals surface area contributed by atoms with Crippen LogP contribution in [-0.4, -0.2) is 9.52 Å². The summed E-state index contributed by atoms with van der Waals surface area (Å²) in [5, 5.41) is 8.29. The fraction of sp³-hybridized carbons (Fsp3) is 0.125. The second-order valence-corrected chi connectivity index (χ2v) is 18.4. The summed E-state index contributed by atoms with van der Waals surface area (Å²) < 4.78 is 0. The molecule has 0 atom stereocenters. The molecule has 0 N–H and O–H groups in total. The van der Waals surface area contributed by atoms with Gasteiger partial charge in [0.15, 0.2) is 0 Å². The molecule has 9 rings (SSSR count). The molecule has 258 valence electrons. The van der Waals surface area contributed by atoms with Gasteiger partial charge in [0.05, 0.1) is 9.52 Å². The van der Waals surface area contributed by atoms with Crippen LogP contribution < -0.4 is 10.4 Å². The van der Waals surface area contributed by atoms with Gasteiger partial charge in [0, 0.05) is 0 Å². The first-order valence-corrected chi connectivity index (χ1v) is 24.8. The maximum absolute atomic E-state index is 4.93. The van der Waals surface area contributed by atoms with Crippen LogP contribution in [0.4, 0.5) is 0 Å². The molecule has 0 amide bonds. The Morgan fingerprint density at radius 1 is 0.538 bits per heavy atom. The van der Waals surface area contributed by atoms with Crippen molar-refractivity contribution in [2.45, 2.75) is 41.5 Å². The van der Waals surface area contributed by atoms with E-state index < -0.39 is 20.8 Å². The molecule has 0 nitrogen and oxygen atoms in total. The monoisotopic (exact) mass is 805 g/mol. The van der Waals surface area contributed by atoms with Crippen LogP contribution in [0.5, 0.6) is 0 Å². The van der Waals surface area contributed by atoms with Crippen LogP contribution in [0.25, 0.3) is 54.9 Å². The number of aryl methyl sites for hydroxylation is 4. The molecular weight excluding hydrogens is 767 g/mol. The fourth-order valence-corrected chi connectivity index (χ4v) is 8.49. The van der Waals surface area contributed by atoms with Gasteiger partial charge in [-0.1, -0.05) is 143 Å². The van der Waals surface area contributed by atoms with Crippen LogP contribution >= 0.6 is 17.0 Å². The Hall–Kier alpha value is -3.78. The van der Waals surface area contributed by atoms with E-state index >= 15 is 0 Å². The third kappa shape index (κ3) is 8.38. The van der Waals surface area contributed by atoms with Gasteiger partial charge in [-0.05, 0) is 38.8 Å². The van der Waals surface area contributed by atoms with Crippen LogP contribution in [0.15, 0.2) is 140 Å². The van der Waals surface area contributed by atoms with Crippen molar-refractivity contribution < 1.29 is 20.8 Å². The number of benzene rings is 6. The largest absolute Gasteiger partial charge is 0.184 e. The van der Waals surface area contributed by atoms with Crippen molar-refractivity contribution in [1.82, 2.24) is 0 Å². The summed E-state index contributed by atoms with van der Waals surface area (Å²) in [7, 11) is 10.7. The minimum absolute atomic E-state index is 0.795. The molecular formula is C48H41Cl2SiZr-3. The summed E-state index contributed by atoms with van der Waals surface area (Å²) in [6, 6.07) is 53.3. The van der Waals surface area contributed by atoms with E-state index in [0.717, 1.165) is 9.52 Å². The van der Waals surface area contributed by atoms with Crippen molar-refractivity contribution in [2.24, 2.45) is 0 Å². The topological polar surface area (TPSA) is 0 Å². The molecule has 4 heteroatoms. The van der Waals surface area contributed by atoms with Gasteiger partial charge in [-0.15, -0.1) is 62.5 Å². The molecule has 8 aromatic rings. The summed E-state index contributed by atoms with van der Waals surface area (Å²) in [5.41, 5.74) is 16.4. The Kier molecular flexibility index (Phi) is 12.7. The second-order valence-electron chi connectivity index (χ2n) is 13.4. The predicted octanol–water partition coefficient (Wildman–Crippen LogP) is 12.8. The first kappa shape index (κ1) is 38.0. The van der Waals surface area contributed by atoms with Crippen LogP contribution in [0, 0.1) is 47.6 Å². The second kappa shape index (κ2) is 17.4. The molecule has 52 heavy (non-hydrogen) atoms. The third-order valence-electron chi connectivity index (χ3n) is 9.81. The zero-order valence-corrected chi connectivity index (χ0v) is 35.5. The van der Waals surface area contributed by atoms with E-state index in [4.69, 9.17) is 17.0 Å². The van der Waals surface area contributed by atoms with Crippen molar-refractivity contribution in [3.8, 4) is 33.4 Å². The van der Waals surface area contributed by atoms with E-state index in [0.29, 0.717) is 0 Å². The van der Waals surface area contributed by atoms with Crippen LogP contribution in [-0.2, 0) is 20.8 Å². The Labute approximate surface area is 330 Å². The summed E-state index contributed by atoms with van der Waals surface area (Å²) >= 11 is -0.826. The molecule has 0 bridgehead atoms. The molecule has 0 spiro atoms. The van der Waals surface area contributed by atoms with E-state index in [-0.39, 0.29) is 0 Å². The predicted molar refractivity (Wildman–Crippen MR) is 226 cm³/mol. The summed E-state index contributed by atoms with van der Waals surface area (Å²) in [6.45, 7) is 13.2. The molecule has 0 fully saturated rings. The minimum Gasteiger partial charge on any atom is -0.184 e. The fourth-order valence-electron chi connectivity index (χ4n) is 7.18. The molecule has 1 aliphatic rings. The van der Waals surface area contributed by atoms with E-state index in [1.54, 1.807) is 0 Å². The van der Waals surface area contributed by atoms with Gasteiger partial charge in [-0.25, -0.2) is 0 Å². The van der Waals surface area contributed by atoms with E-state index in [2.05, 4.69) is 181 Å². The maximum atomic E-state index is 4.93. The number of rotatable bonds is 2. The number of fused-ring (bicyclic) bond motifs is 5. The smallest absolute Gasteiger partial charge is 0.0920 e. The van der Waals surface area contributed by atoms with Crippen molar-refractivity contribution in [3.05, 3.63) is 179 Å². The minimum atomic E-state index is -0.826. The van der Waals surface area contributed by atoms with Crippen molar-refractivity contribution in [1.29, 1.82) is 0 Å². The van der Waals surface area contributed by atoms with Crippen LogP contribution in [0.1, 0.15) is 33.4 Å². The van der Waals surface area contributed by atoms with Crippen molar-refractivity contribution >= 4 is 58.5 Å². The number of halogens is 2. The molecule has 8 aromatic carbocycles. The molecule has 0 aliphatic carbocycles. The van der Waals surface area contributed by atoms with Gasteiger partial charge >= 0.3 is 37.9 Å². The first-order valence-electron chi connectivity index (χ1n) is 17.5. The number of hydrogen-bond acceptors (Lipinski definition) is 0. The molecule has 0 saturated heterocycles. The summed E-state index contributed by atoms with van der Waals surface area (Å²) in [4.78, 5) is 0. The third-order valence-corrected chi connectivity index (χ3v) is 11.2. The van der Waals surface area contributed by atoms with Crippen molar-refractivity contribution in [3.63, 3.8) is 0 Å². The zero-order chi connectivity index (χ0) is 36.8. The van der Waals surface area contributed by atoms with Crippen LogP contribution in [0.2, 0.25) is 0 Å².